The van der Waals surface area contributed by atoms with E-state index >= 15 is 0 Å². The monoisotopic (exact) mass is 796 g/mol. The average molecular weight is 797 g/mol. The molecule has 0 atom stereocenters. The van der Waals surface area contributed by atoms with Crippen LogP contribution < -0.4 is 9.80 Å². The minimum atomic E-state index is 0.865. The molecule has 0 aliphatic rings. The summed E-state index contributed by atoms with van der Waals surface area (Å²) in [5, 5.41) is 2.32. The molecule has 4 aromatic heterocycles. The quantitative estimate of drug-likeness (QED) is 0.138. The third-order valence-corrected chi connectivity index (χ3v) is 11.4. The lowest BCUT2D eigenvalue weighted by atomic mass is 10.1. The molecule has 0 aliphatic carbocycles. The van der Waals surface area contributed by atoms with Gasteiger partial charge in [-0.3, -0.25) is 9.80 Å². The van der Waals surface area contributed by atoms with Gasteiger partial charge in [-0.1, -0.05) is 109 Å². The highest BCUT2D eigenvalue weighted by Gasteiger charge is 2.20. The first-order valence-electron chi connectivity index (χ1n) is 20.8. The van der Waals surface area contributed by atoms with Gasteiger partial charge in [0.05, 0.1) is 22.4 Å². The van der Waals surface area contributed by atoms with Crippen LogP contribution in [-0.2, 0) is 0 Å². The van der Waals surface area contributed by atoms with Crippen LogP contribution >= 0.6 is 0 Å². The molecule has 7 aromatic carbocycles. The molecule has 62 heavy (non-hydrogen) atoms. The zero-order chi connectivity index (χ0) is 41.2. The summed E-state index contributed by atoms with van der Waals surface area (Å²) in [4.78, 5) is 13.8. The van der Waals surface area contributed by atoms with Crippen LogP contribution in [0, 0.1) is 0 Å². The third kappa shape index (κ3) is 6.76. The molecule has 0 fully saturated rings. The number of benzene rings is 7. The lowest BCUT2D eigenvalue weighted by molar-refractivity contribution is 1.13. The second-order valence-corrected chi connectivity index (χ2v) is 15.2. The predicted octanol–water partition coefficient (Wildman–Crippen LogP) is 14.6. The minimum Gasteiger partial charge on any atom is -0.309 e. The van der Waals surface area contributed by atoms with E-state index in [2.05, 4.69) is 201 Å². The minimum absolute atomic E-state index is 0.865. The van der Waals surface area contributed by atoms with Crippen LogP contribution in [0.3, 0.4) is 0 Å². The highest BCUT2D eigenvalue weighted by molar-refractivity contribution is 6.02. The normalized spacial score (nSPS) is 11.2. The van der Waals surface area contributed by atoms with Gasteiger partial charge in [-0.2, -0.15) is 0 Å². The Morgan fingerprint density at radius 2 is 0.645 bits per heavy atom. The maximum Gasteiger partial charge on any atom is 0.137 e. The van der Waals surface area contributed by atoms with E-state index in [1.165, 1.54) is 0 Å². The highest BCUT2D eigenvalue weighted by atomic mass is 15.2. The van der Waals surface area contributed by atoms with Crippen molar-refractivity contribution in [3.63, 3.8) is 0 Å². The molecule has 6 nitrogen and oxygen atoms in total. The Morgan fingerprint density at radius 3 is 1.00 bits per heavy atom. The number of aromatic nitrogens is 4. The van der Waals surface area contributed by atoms with Crippen LogP contribution in [0.5, 0.6) is 0 Å². The van der Waals surface area contributed by atoms with Gasteiger partial charge in [0.2, 0.25) is 0 Å². The molecule has 0 spiro atoms. The summed E-state index contributed by atoms with van der Waals surface area (Å²) < 4.78 is 4.78. The fraction of sp³-hybridized carbons (Fsp3) is 0. The van der Waals surface area contributed by atoms with Crippen LogP contribution in [0.2, 0.25) is 0 Å². The Hall–Kier alpha value is -8.48. The Bertz CT molecular complexity index is 2940. The third-order valence-electron chi connectivity index (χ3n) is 11.4. The number of para-hydroxylation sites is 4. The van der Waals surface area contributed by atoms with Gasteiger partial charge in [0, 0.05) is 57.3 Å². The highest BCUT2D eigenvalue weighted by Crippen LogP contribution is 2.41. The van der Waals surface area contributed by atoms with E-state index in [0.29, 0.717) is 0 Å². The largest absolute Gasteiger partial charge is 0.309 e. The number of fused-ring (bicyclic) bond motifs is 2. The van der Waals surface area contributed by atoms with E-state index in [-0.39, 0.29) is 0 Å². The van der Waals surface area contributed by atoms with Crippen molar-refractivity contribution in [2.75, 3.05) is 9.80 Å². The summed E-state index contributed by atoms with van der Waals surface area (Å²) in [7, 11) is 0. The summed E-state index contributed by atoms with van der Waals surface area (Å²) in [6.07, 6.45) is 3.68. The molecule has 0 N–H and O–H groups in total. The van der Waals surface area contributed by atoms with Crippen molar-refractivity contribution >= 4 is 56.2 Å². The van der Waals surface area contributed by atoms with E-state index in [4.69, 9.17) is 9.97 Å². The van der Waals surface area contributed by atoms with Crippen molar-refractivity contribution < 1.29 is 0 Å². The van der Waals surface area contributed by atoms with Gasteiger partial charge in [0.25, 0.3) is 0 Å². The van der Waals surface area contributed by atoms with Crippen molar-refractivity contribution in [3.8, 4) is 33.9 Å². The predicted molar refractivity (Wildman–Crippen MR) is 256 cm³/mol. The lowest BCUT2D eigenvalue weighted by Crippen LogP contribution is -2.11. The molecule has 6 heteroatoms. The Morgan fingerprint density at radius 1 is 0.306 bits per heavy atom. The van der Waals surface area contributed by atoms with Crippen molar-refractivity contribution in [1.82, 2.24) is 19.1 Å². The van der Waals surface area contributed by atoms with Crippen molar-refractivity contribution in [2.45, 2.75) is 0 Å². The Kier molecular flexibility index (Phi) is 9.41. The van der Waals surface area contributed by atoms with E-state index in [1.807, 2.05) is 60.9 Å². The van der Waals surface area contributed by atoms with Gasteiger partial charge in [-0.15, -0.1) is 0 Å². The van der Waals surface area contributed by atoms with Crippen LogP contribution in [0.4, 0.5) is 34.4 Å². The van der Waals surface area contributed by atoms with Gasteiger partial charge in [-0.05, 0) is 132 Å². The summed E-state index contributed by atoms with van der Waals surface area (Å²) in [5.41, 5.74) is 13.1. The number of nitrogens with zero attached hydrogens (tertiary/aromatic N) is 6. The summed E-state index contributed by atoms with van der Waals surface area (Å²) in [6, 6.07) is 81.2. The number of hydrogen-bond acceptors (Lipinski definition) is 4. The molecule has 0 aliphatic heterocycles. The molecule has 0 saturated carbocycles. The fourth-order valence-electron chi connectivity index (χ4n) is 8.56. The van der Waals surface area contributed by atoms with Gasteiger partial charge < -0.3 is 9.13 Å². The molecule has 11 rings (SSSR count). The molecule has 11 aromatic rings. The van der Waals surface area contributed by atoms with E-state index in [1.54, 1.807) is 0 Å². The van der Waals surface area contributed by atoms with E-state index < -0.39 is 0 Å². The summed E-state index contributed by atoms with van der Waals surface area (Å²) in [6.45, 7) is 0. The molecular formula is C56H40N6. The van der Waals surface area contributed by atoms with Crippen LogP contribution in [0.25, 0.3) is 55.7 Å². The average Bonchev–Trinajstić information content (AvgIpc) is 3.91. The number of rotatable bonds is 10. The van der Waals surface area contributed by atoms with Gasteiger partial charge in [-0.25, -0.2) is 9.97 Å². The SMILES string of the molecule is c1ccc(N(c2ccc(-c3cc4cc5c(cc(-c6ccc(N(c7ccccc7)c7ccccn7)cc6)n5-c5ccccc5)cc4n3-c3ccccc3)cc2)c2ccccn2)cc1. The van der Waals surface area contributed by atoms with Gasteiger partial charge >= 0.3 is 0 Å². The Balaban J connectivity index is 1.04. The van der Waals surface area contributed by atoms with Crippen molar-refractivity contribution in [1.29, 1.82) is 0 Å². The van der Waals surface area contributed by atoms with Gasteiger partial charge in [0.1, 0.15) is 11.6 Å². The summed E-state index contributed by atoms with van der Waals surface area (Å²) in [5.74, 6) is 1.73. The number of pyridine rings is 2. The lowest BCUT2D eigenvalue weighted by Gasteiger charge is -2.24. The first-order valence-corrected chi connectivity index (χ1v) is 20.8. The first kappa shape index (κ1) is 36.6. The molecule has 294 valence electrons. The second-order valence-electron chi connectivity index (χ2n) is 15.2. The maximum absolute atomic E-state index is 4.72. The zero-order valence-corrected chi connectivity index (χ0v) is 33.8. The molecular weight excluding hydrogens is 757 g/mol. The number of anilines is 6. The maximum atomic E-state index is 4.72. The van der Waals surface area contributed by atoms with Crippen LogP contribution in [0.15, 0.2) is 243 Å². The van der Waals surface area contributed by atoms with Crippen LogP contribution in [-0.4, -0.2) is 19.1 Å². The smallest absolute Gasteiger partial charge is 0.137 e. The van der Waals surface area contributed by atoms with Crippen molar-refractivity contribution in [3.05, 3.63) is 243 Å². The van der Waals surface area contributed by atoms with E-state index in [9.17, 15) is 0 Å². The standard InChI is InChI=1S/C56H40N6/c1-5-17-45(18-6-1)59(55-25-13-15-35-57-55)49-31-27-41(28-32-49)51-37-43-39-54-44(40-53(43)61(51)47-21-9-3-10-22-47)38-52(62(54)48-23-11-4-12-24-48)42-29-33-50(34-30-42)60(46-19-7-2-8-20-46)56-26-14-16-36-58-56/h1-40H. The second kappa shape index (κ2) is 15.9. The van der Waals surface area contributed by atoms with Crippen LogP contribution in [0.1, 0.15) is 0 Å². The molecule has 0 bridgehead atoms. The fourth-order valence-corrected chi connectivity index (χ4v) is 8.56. The molecule has 0 amide bonds. The zero-order valence-electron chi connectivity index (χ0n) is 33.8. The molecule has 0 saturated heterocycles. The molecule has 4 heterocycles. The van der Waals surface area contributed by atoms with Crippen molar-refractivity contribution in [2.24, 2.45) is 0 Å². The van der Waals surface area contributed by atoms with E-state index in [0.717, 1.165) is 90.1 Å². The first-order chi connectivity index (χ1) is 30.8. The molecule has 0 unspecified atom stereocenters. The summed E-state index contributed by atoms with van der Waals surface area (Å²) >= 11 is 0. The Labute approximate surface area is 360 Å². The number of hydrogen-bond donors (Lipinski definition) is 0. The van der Waals surface area contributed by atoms with Gasteiger partial charge in [0.15, 0.2) is 0 Å². The topological polar surface area (TPSA) is 42.1 Å². The molecule has 0 radical (unpaired) electrons.